The zero-order valence-electron chi connectivity index (χ0n) is 11.2. The van der Waals surface area contributed by atoms with Crippen molar-refractivity contribution in [2.45, 2.75) is 13.8 Å². The van der Waals surface area contributed by atoms with Crippen LogP contribution in [-0.4, -0.2) is 40.8 Å². The van der Waals surface area contributed by atoms with E-state index in [0.717, 1.165) is 6.20 Å². The number of aliphatic imine (C=N–C) groups is 1. The molecule has 0 aromatic carbocycles. The molecule has 0 N–H and O–H groups in total. The molecule has 6 nitrogen and oxygen atoms in total. The molecule has 0 aliphatic heterocycles. The summed E-state index contributed by atoms with van der Waals surface area (Å²) in [6.45, 7) is 3.39. The first-order chi connectivity index (χ1) is 8.81. The smallest absolute Gasteiger partial charge is 0.356 e. The quantitative estimate of drug-likeness (QED) is 0.468. The number of hydrogen-bond acceptors (Lipinski definition) is 4. The number of nitrogens with zero attached hydrogens (tertiary/aromatic N) is 4. The molecule has 0 bridgehead atoms. The number of hydrogen-bond donors (Lipinski definition) is 0. The van der Waals surface area contributed by atoms with Crippen molar-refractivity contribution in [2.75, 3.05) is 14.1 Å². The van der Waals surface area contributed by atoms with Gasteiger partial charge < -0.3 is 4.90 Å². The summed E-state index contributed by atoms with van der Waals surface area (Å²) in [5.74, 6) is -1.83. The second-order valence-electron chi connectivity index (χ2n) is 4.33. The minimum Gasteiger partial charge on any atom is -0.369 e. The largest absolute Gasteiger partial charge is 0.369 e. The Bertz CT molecular complexity index is 598. The van der Waals surface area contributed by atoms with E-state index in [-0.39, 0.29) is 5.82 Å². The summed E-state index contributed by atoms with van der Waals surface area (Å²) in [4.78, 5) is 31.9. The maximum atomic E-state index is 13.7. The second kappa shape index (κ2) is 6.03. The van der Waals surface area contributed by atoms with E-state index in [1.54, 1.807) is 32.8 Å². The van der Waals surface area contributed by atoms with Crippen LogP contribution >= 0.6 is 0 Å². The molecule has 0 saturated carbocycles. The Morgan fingerprint density at radius 2 is 2.11 bits per heavy atom. The third-order valence-corrected chi connectivity index (χ3v) is 1.92. The van der Waals surface area contributed by atoms with Crippen LogP contribution in [0.25, 0.3) is 0 Å². The fourth-order valence-corrected chi connectivity index (χ4v) is 1.16. The summed E-state index contributed by atoms with van der Waals surface area (Å²) in [5, 5.41) is 0. The lowest BCUT2D eigenvalue weighted by Crippen LogP contribution is -2.28. The molecule has 1 rings (SSSR count). The standard InChI is InChI=1S/C12H15FN4O2/c1-8(2)5-10(18)17-6-9(13)11(15-12(17)19)14-7-16(3)4/h5-7H,1-4H3/b14-7+. The average molecular weight is 266 g/mol. The van der Waals surface area contributed by atoms with Gasteiger partial charge in [0.1, 0.15) is 0 Å². The maximum Gasteiger partial charge on any atom is 0.356 e. The summed E-state index contributed by atoms with van der Waals surface area (Å²) in [6.07, 6.45) is 3.33. The van der Waals surface area contributed by atoms with Gasteiger partial charge >= 0.3 is 5.69 Å². The third-order valence-electron chi connectivity index (χ3n) is 1.92. The SMILES string of the molecule is CC(C)=CC(=O)n1cc(F)c(/N=C/N(C)C)nc1=O. The van der Waals surface area contributed by atoms with Crippen molar-refractivity contribution >= 4 is 18.1 Å². The molecule has 0 spiro atoms. The Labute approximate surface area is 109 Å². The van der Waals surface area contributed by atoms with Crippen molar-refractivity contribution in [1.29, 1.82) is 0 Å². The molecule has 0 radical (unpaired) electrons. The normalized spacial score (nSPS) is 10.6. The van der Waals surface area contributed by atoms with E-state index in [9.17, 15) is 14.0 Å². The van der Waals surface area contributed by atoms with Crippen LogP contribution in [0.1, 0.15) is 18.6 Å². The number of aromatic nitrogens is 2. The van der Waals surface area contributed by atoms with Gasteiger partial charge in [-0.25, -0.2) is 18.7 Å². The third kappa shape index (κ3) is 4.13. The highest BCUT2D eigenvalue weighted by Gasteiger charge is 2.11. The monoisotopic (exact) mass is 266 g/mol. The van der Waals surface area contributed by atoms with E-state index in [4.69, 9.17) is 0 Å². The number of halogens is 1. The molecule has 0 amide bonds. The molecular weight excluding hydrogens is 251 g/mol. The fourth-order valence-electron chi connectivity index (χ4n) is 1.16. The first kappa shape index (κ1) is 14.7. The molecule has 1 aromatic heterocycles. The molecule has 0 aliphatic rings. The first-order valence-electron chi connectivity index (χ1n) is 5.50. The second-order valence-corrected chi connectivity index (χ2v) is 4.33. The predicted molar refractivity (Wildman–Crippen MR) is 70.4 cm³/mol. The van der Waals surface area contributed by atoms with Gasteiger partial charge in [-0.2, -0.15) is 4.98 Å². The van der Waals surface area contributed by atoms with E-state index in [2.05, 4.69) is 9.98 Å². The lowest BCUT2D eigenvalue weighted by molar-refractivity contribution is 0.0961. The van der Waals surface area contributed by atoms with Gasteiger partial charge in [0.25, 0.3) is 5.91 Å². The van der Waals surface area contributed by atoms with E-state index < -0.39 is 17.4 Å². The van der Waals surface area contributed by atoms with E-state index >= 15 is 0 Å². The van der Waals surface area contributed by atoms with Gasteiger partial charge in [0, 0.05) is 20.2 Å². The highest BCUT2D eigenvalue weighted by molar-refractivity contribution is 5.90. The van der Waals surface area contributed by atoms with Crippen LogP contribution in [0.15, 0.2) is 27.6 Å². The molecule has 0 saturated heterocycles. The van der Waals surface area contributed by atoms with Crippen LogP contribution in [0.4, 0.5) is 10.2 Å². The molecule has 1 aromatic rings. The lowest BCUT2D eigenvalue weighted by atomic mass is 10.3. The van der Waals surface area contributed by atoms with Crippen LogP contribution in [0.3, 0.4) is 0 Å². The lowest BCUT2D eigenvalue weighted by Gasteiger charge is -2.04. The number of rotatable bonds is 3. The van der Waals surface area contributed by atoms with Crippen molar-refractivity contribution < 1.29 is 9.18 Å². The average Bonchev–Trinajstić information content (AvgIpc) is 2.28. The highest BCUT2D eigenvalue weighted by Crippen LogP contribution is 2.10. The number of carbonyl (C=O) groups excluding carboxylic acids is 1. The zero-order chi connectivity index (χ0) is 14.6. The van der Waals surface area contributed by atoms with Crippen LogP contribution in [0.5, 0.6) is 0 Å². The molecular formula is C12H15FN4O2. The predicted octanol–water partition coefficient (Wildman–Crippen LogP) is 1.21. The van der Waals surface area contributed by atoms with Crippen molar-refractivity contribution in [3.8, 4) is 0 Å². The van der Waals surface area contributed by atoms with Gasteiger partial charge in [0.2, 0.25) is 0 Å². The maximum absolute atomic E-state index is 13.7. The Balaban J connectivity index is 3.21. The summed E-state index contributed by atoms with van der Waals surface area (Å²) < 4.78 is 14.3. The minimum atomic E-state index is -0.866. The van der Waals surface area contributed by atoms with Gasteiger partial charge in [-0.1, -0.05) is 5.57 Å². The van der Waals surface area contributed by atoms with Crippen molar-refractivity contribution in [3.05, 3.63) is 34.1 Å². The van der Waals surface area contributed by atoms with Gasteiger partial charge in [0.05, 0.1) is 12.5 Å². The number of allylic oxidation sites excluding steroid dienone is 2. The molecule has 0 unspecified atom stereocenters. The van der Waals surface area contributed by atoms with Gasteiger partial charge in [-0.15, -0.1) is 0 Å². The first-order valence-corrected chi connectivity index (χ1v) is 5.50. The summed E-state index contributed by atoms with van der Waals surface area (Å²) in [7, 11) is 3.39. The summed E-state index contributed by atoms with van der Waals surface area (Å²) >= 11 is 0. The van der Waals surface area contributed by atoms with E-state index in [0.29, 0.717) is 10.1 Å². The van der Waals surface area contributed by atoms with Crippen LogP contribution in [0.2, 0.25) is 0 Å². The van der Waals surface area contributed by atoms with Crippen molar-refractivity contribution in [2.24, 2.45) is 4.99 Å². The van der Waals surface area contributed by atoms with E-state index in [1.807, 2.05) is 0 Å². The van der Waals surface area contributed by atoms with Crippen molar-refractivity contribution in [1.82, 2.24) is 14.5 Å². The number of carbonyl (C=O) groups is 1. The van der Waals surface area contributed by atoms with E-state index in [1.165, 1.54) is 12.4 Å². The highest BCUT2D eigenvalue weighted by atomic mass is 19.1. The van der Waals surface area contributed by atoms with Crippen LogP contribution < -0.4 is 5.69 Å². The molecule has 0 atom stereocenters. The molecule has 19 heavy (non-hydrogen) atoms. The Morgan fingerprint density at radius 3 is 2.63 bits per heavy atom. The molecule has 1 heterocycles. The summed E-state index contributed by atoms with van der Waals surface area (Å²) in [6, 6.07) is 0. The molecule has 0 fully saturated rings. The topological polar surface area (TPSA) is 67.6 Å². The zero-order valence-corrected chi connectivity index (χ0v) is 11.2. The fraction of sp³-hybridized carbons (Fsp3) is 0.333. The molecule has 0 aliphatic carbocycles. The Kier molecular flexibility index (Phi) is 4.68. The van der Waals surface area contributed by atoms with Gasteiger partial charge in [-0.3, -0.25) is 4.79 Å². The van der Waals surface area contributed by atoms with Crippen LogP contribution in [-0.2, 0) is 0 Å². The van der Waals surface area contributed by atoms with Crippen molar-refractivity contribution in [3.63, 3.8) is 0 Å². The van der Waals surface area contributed by atoms with Gasteiger partial charge in [0.15, 0.2) is 11.6 Å². The Hall–Kier alpha value is -2.31. The Morgan fingerprint density at radius 1 is 1.47 bits per heavy atom. The molecule has 102 valence electrons. The molecule has 7 heteroatoms. The van der Waals surface area contributed by atoms with Crippen LogP contribution in [0, 0.1) is 5.82 Å². The summed E-state index contributed by atoms with van der Waals surface area (Å²) in [5.41, 5.74) is -0.165. The van der Waals surface area contributed by atoms with Gasteiger partial charge in [-0.05, 0) is 13.8 Å². The minimum absolute atomic E-state index is 0.347.